The number of benzene rings is 2. The van der Waals surface area contributed by atoms with Gasteiger partial charge in [0.15, 0.2) is 0 Å². The van der Waals surface area contributed by atoms with Crippen LogP contribution in [0.1, 0.15) is 82.3 Å². The molecule has 1 saturated carbocycles. The van der Waals surface area contributed by atoms with Gasteiger partial charge < -0.3 is 0 Å². The summed E-state index contributed by atoms with van der Waals surface area (Å²) < 4.78 is 0. The number of nitrogens with zero attached hydrogens (tertiary/aromatic N) is 1. The fourth-order valence-electron chi connectivity index (χ4n) is 4.59. The molecule has 0 saturated heterocycles. The number of hydrogen-bond donors (Lipinski definition) is 0. The van der Waals surface area contributed by atoms with Crippen molar-refractivity contribution in [3.8, 4) is 11.1 Å². The second-order valence-corrected chi connectivity index (χ2v) is 8.30. The molecule has 0 spiro atoms. The Morgan fingerprint density at radius 1 is 0.964 bits per heavy atom. The Hall–Kier alpha value is -2.16. The quantitative estimate of drug-likeness (QED) is 0.268. The van der Waals surface area contributed by atoms with Crippen LogP contribution in [-0.4, -0.2) is 4.92 Å². The number of unbranched alkanes of at least 4 members (excludes halogenated alkanes) is 2. The van der Waals surface area contributed by atoms with E-state index in [1.165, 1.54) is 56.9 Å². The summed E-state index contributed by atoms with van der Waals surface area (Å²) in [6, 6.07) is 14.1. The van der Waals surface area contributed by atoms with Crippen LogP contribution >= 0.6 is 0 Å². The summed E-state index contributed by atoms with van der Waals surface area (Å²) in [5, 5.41) is 11.5. The van der Waals surface area contributed by atoms with E-state index in [-0.39, 0.29) is 10.6 Å². The summed E-state index contributed by atoms with van der Waals surface area (Å²) in [4.78, 5) is 11.2. The zero-order valence-corrected chi connectivity index (χ0v) is 17.3. The molecule has 0 aromatic heterocycles. The lowest BCUT2D eigenvalue weighted by atomic mass is 9.77. The number of hydrogen-bond acceptors (Lipinski definition) is 2. The van der Waals surface area contributed by atoms with Gasteiger partial charge in [0, 0.05) is 6.07 Å². The van der Waals surface area contributed by atoms with Crippen LogP contribution in [0.5, 0.6) is 0 Å². The molecule has 28 heavy (non-hydrogen) atoms. The molecule has 0 bridgehead atoms. The van der Waals surface area contributed by atoms with E-state index in [1.54, 1.807) is 6.07 Å². The lowest BCUT2D eigenvalue weighted by Crippen LogP contribution is -2.13. The first-order valence-corrected chi connectivity index (χ1v) is 11.0. The number of nitro groups is 1. The standard InChI is InChI=1S/C25H33NO2/c1-3-5-6-7-20-8-11-21(12-9-20)22-13-15-23(16-14-22)24-17-10-19(4-2)18-25(24)26(27)28/h10,13-18,20-21H,3-9,11-12H2,1-2H3/t20-,21-. The summed E-state index contributed by atoms with van der Waals surface area (Å²) in [6.07, 6.45) is 11.5. The molecule has 0 unspecified atom stereocenters. The smallest absolute Gasteiger partial charge is 0.258 e. The molecule has 1 fully saturated rings. The van der Waals surface area contributed by atoms with E-state index in [1.807, 2.05) is 19.1 Å². The third-order valence-electron chi connectivity index (χ3n) is 6.42. The summed E-state index contributed by atoms with van der Waals surface area (Å²) in [7, 11) is 0. The molecule has 0 atom stereocenters. The van der Waals surface area contributed by atoms with E-state index in [9.17, 15) is 10.1 Å². The summed E-state index contributed by atoms with van der Waals surface area (Å²) in [5.74, 6) is 1.57. The minimum absolute atomic E-state index is 0.208. The third-order valence-corrected chi connectivity index (χ3v) is 6.42. The van der Waals surface area contributed by atoms with Crippen LogP contribution in [0, 0.1) is 16.0 Å². The zero-order valence-electron chi connectivity index (χ0n) is 17.3. The first-order chi connectivity index (χ1) is 13.6. The van der Waals surface area contributed by atoms with Crippen LogP contribution in [0.4, 0.5) is 5.69 Å². The normalized spacial score (nSPS) is 19.5. The van der Waals surface area contributed by atoms with Gasteiger partial charge in [-0.05, 0) is 66.7 Å². The van der Waals surface area contributed by atoms with Crippen molar-refractivity contribution >= 4 is 5.69 Å². The summed E-state index contributed by atoms with van der Waals surface area (Å²) >= 11 is 0. The maximum atomic E-state index is 11.5. The predicted molar refractivity (Wildman–Crippen MR) is 117 cm³/mol. The predicted octanol–water partition coefficient (Wildman–Crippen LogP) is 7.68. The van der Waals surface area contributed by atoms with Crippen LogP contribution in [0.15, 0.2) is 42.5 Å². The highest BCUT2D eigenvalue weighted by atomic mass is 16.6. The van der Waals surface area contributed by atoms with Crippen molar-refractivity contribution in [3.05, 3.63) is 63.7 Å². The maximum absolute atomic E-state index is 11.5. The monoisotopic (exact) mass is 379 g/mol. The SMILES string of the molecule is CCCCC[C@H]1CC[C@H](c2ccc(-c3ccc(CC)cc3[N+](=O)[O-])cc2)CC1. The molecular formula is C25H33NO2. The molecular weight excluding hydrogens is 346 g/mol. The van der Waals surface area contributed by atoms with Crippen molar-refractivity contribution in [2.45, 2.75) is 77.6 Å². The van der Waals surface area contributed by atoms with E-state index in [4.69, 9.17) is 0 Å². The third kappa shape index (κ3) is 5.01. The Morgan fingerprint density at radius 3 is 2.29 bits per heavy atom. The number of rotatable bonds is 8. The maximum Gasteiger partial charge on any atom is 0.277 e. The molecule has 0 aliphatic heterocycles. The Kier molecular flexibility index (Phi) is 7.24. The van der Waals surface area contributed by atoms with E-state index < -0.39 is 0 Å². The van der Waals surface area contributed by atoms with Crippen molar-refractivity contribution < 1.29 is 4.92 Å². The fourth-order valence-corrected chi connectivity index (χ4v) is 4.59. The van der Waals surface area contributed by atoms with Gasteiger partial charge in [-0.3, -0.25) is 10.1 Å². The Morgan fingerprint density at radius 2 is 1.68 bits per heavy atom. The van der Waals surface area contributed by atoms with Crippen molar-refractivity contribution in [1.82, 2.24) is 0 Å². The first kappa shape index (κ1) is 20.6. The molecule has 2 aromatic rings. The van der Waals surface area contributed by atoms with Crippen LogP contribution < -0.4 is 0 Å². The number of nitro benzene ring substituents is 1. The molecule has 0 amide bonds. The highest BCUT2D eigenvalue weighted by Gasteiger charge is 2.22. The van der Waals surface area contributed by atoms with E-state index in [2.05, 4.69) is 31.2 Å². The van der Waals surface area contributed by atoms with Gasteiger partial charge in [-0.15, -0.1) is 0 Å². The molecule has 0 N–H and O–H groups in total. The molecule has 3 nitrogen and oxygen atoms in total. The second-order valence-electron chi connectivity index (χ2n) is 8.30. The Balaban J connectivity index is 1.67. The topological polar surface area (TPSA) is 43.1 Å². The highest BCUT2D eigenvalue weighted by molar-refractivity contribution is 5.74. The Labute approximate surface area is 169 Å². The van der Waals surface area contributed by atoms with Gasteiger partial charge in [0.2, 0.25) is 0 Å². The van der Waals surface area contributed by atoms with Crippen LogP contribution in [0.25, 0.3) is 11.1 Å². The van der Waals surface area contributed by atoms with Gasteiger partial charge in [-0.25, -0.2) is 0 Å². The van der Waals surface area contributed by atoms with Gasteiger partial charge in [-0.1, -0.05) is 69.9 Å². The van der Waals surface area contributed by atoms with Crippen molar-refractivity contribution in [2.24, 2.45) is 5.92 Å². The molecule has 3 heteroatoms. The van der Waals surface area contributed by atoms with Crippen LogP contribution in [0.3, 0.4) is 0 Å². The minimum atomic E-state index is -0.262. The fraction of sp³-hybridized carbons (Fsp3) is 0.520. The first-order valence-electron chi connectivity index (χ1n) is 11.0. The summed E-state index contributed by atoms with van der Waals surface area (Å²) in [6.45, 7) is 4.29. The lowest BCUT2D eigenvalue weighted by Gasteiger charge is -2.29. The van der Waals surface area contributed by atoms with Gasteiger partial charge in [0.1, 0.15) is 0 Å². The Bertz CT molecular complexity index is 774. The second kappa shape index (κ2) is 9.86. The van der Waals surface area contributed by atoms with Crippen molar-refractivity contribution in [2.75, 3.05) is 0 Å². The molecule has 2 aromatic carbocycles. The van der Waals surface area contributed by atoms with Crippen LogP contribution in [0.2, 0.25) is 0 Å². The van der Waals surface area contributed by atoms with Gasteiger partial charge in [-0.2, -0.15) is 0 Å². The van der Waals surface area contributed by atoms with Gasteiger partial charge in [0.25, 0.3) is 5.69 Å². The van der Waals surface area contributed by atoms with Crippen molar-refractivity contribution in [3.63, 3.8) is 0 Å². The summed E-state index contributed by atoms with van der Waals surface area (Å²) in [5.41, 5.74) is 4.26. The average molecular weight is 380 g/mol. The van der Waals surface area contributed by atoms with E-state index >= 15 is 0 Å². The molecule has 0 radical (unpaired) electrons. The lowest BCUT2D eigenvalue weighted by molar-refractivity contribution is -0.384. The van der Waals surface area contributed by atoms with Gasteiger partial charge in [0.05, 0.1) is 10.5 Å². The minimum Gasteiger partial charge on any atom is -0.258 e. The molecule has 3 rings (SSSR count). The van der Waals surface area contributed by atoms with Gasteiger partial charge >= 0.3 is 0 Å². The van der Waals surface area contributed by atoms with Crippen molar-refractivity contribution in [1.29, 1.82) is 0 Å². The molecule has 150 valence electrons. The average Bonchev–Trinajstić information content (AvgIpc) is 2.74. The largest absolute Gasteiger partial charge is 0.277 e. The molecule has 0 heterocycles. The molecule has 1 aliphatic rings. The zero-order chi connectivity index (χ0) is 19.9. The van der Waals surface area contributed by atoms with E-state index in [0.29, 0.717) is 11.5 Å². The highest BCUT2D eigenvalue weighted by Crippen LogP contribution is 2.39. The van der Waals surface area contributed by atoms with E-state index in [0.717, 1.165) is 23.5 Å². The molecule has 1 aliphatic carbocycles. The number of aryl methyl sites for hydroxylation is 1. The van der Waals surface area contributed by atoms with Crippen LogP contribution in [-0.2, 0) is 6.42 Å².